The largest absolute Gasteiger partial charge is 0.379 e. The molecule has 0 amide bonds. The van der Waals surface area contributed by atoms with Gasteiger partial charge in [-0.3, -0.25) is 4.98 Å². The highest BCUT2D eigenvalue weighted by Gasteiger charge is 1.97. The molecule has 0 bridgehead atoms. The molecule has 0 unspecified atom stereocenters. The van der Waals surface area contributed by atoms with Crippen molar-refractivity contribution < 1.29 is 0 Å². The summed E-state index contributed by atoms with van der Waals surface area (Å²) in [5, 5.41) is 3.36. The van der Waals surface area contributed by atoms with E-state index in [1.54, 1.807) is 0 Å². The number of aromatic nitrogens is 1. The molecule has 0 fully saturated rings. The Kier molecular flexibility index (Phi) is 3.55. The van der Waals surface area contributed by atoms with Gasteiger partial charge in [0.1, 0.15) is 0 Å². The number of para-hydroxylation sites is 1. The van der Waals surface area contributed by atoms with Crippen LogP contribution in [0.3, 0.4) is 0 Å². The van der Waals surface area contributed by atoms with E-state index >= 15 is 0 Å². The fourth-order valence-electron chi connectivity index (χ4n) is 1.29. The average Bonchev–Trinajstić information content (AvgIpc) is 2.29. The number of halogens is 1. The predicted octanol–water partition coefficient (Wildman–Crippen LogP) is 3.30. The van der Waals surface area contributed by atoms with Crippen LogP contribution < -0.4 is 5.32 Å². The van der Waals surface area contributed by atoms with Gasteiger partial charge in [-0.2, -0.15) is 0 Å². The standard InChI is InChI=1S/C12H11IN2/c13-11-6-1-2-7-12(11)15-9-10-5-3-4-8-14-10/h1-8,15H,9H2. The van der Waals surface area contributed by atoms with Gasteiger partial charge in [0.2, 0.25) is 0 Å². The van der Waals surface area contributed by atoms with Gasteiger partial charge < -0.3 is 5.32 Å². The van der Waals surface area contributed by atoms with E-state index in [9.17, 15) is 0 Å². The Morgan fingerprint density at radius 1 is 1.07 bits per heavy atom. The first-order chi connectivity index (χ1) is 7.36. The zero-order valence-corrected chi connectivity index (χ0v) is 10.3. The molecule has 2 rings (SSSR count). The second kappa shape index (κ2) is 5.11. The maximum absolute atomic E-state index is 4.26. The second-order valence-corrected chi connectivity index (χ2v) is 4.32. The molecule has 0 saturated carbocycles. The molecule has 76 valence electrons. The van der Waals surface area contributed by atoms with E-state index in [1.807, 2.05) is 36.5 Å². The van der Waals surface area contributed by atoms with Crippen molar-refractivity contribution in [1.82, 2.24) is 4.98 Å². The van der Waals surface area contributed by atoms with Gasteiger partial charge in [-0.05, 0) is 46.9 Å². The van der Waals surface area contributed by atoms with E-state index < -0.39 is 0 Å². The summed E-state index contributed by atoms with van der Waals surface area (Å²) < 4.78 is 1.23. The molecule has 0 saturated heterocycles. The number of anilines is 1. The van der Waals surface area contributed by atoms with Gasteiger partial charge in [0.05, 0.1) is 12.2 Å². The lowest BCUT2D eigenvalue weighted by molar-refractivity contribution is 1.04. The van der Waals surface area contributed by atoms with Crippen LogP contribution in [0.15, 0.2) is 48.7 Å². The number of rotatable bonds is 3. The van der Waals surface area contributed by atoms with E-state index in [0.717, 1.165) is 17.9 Å². The van der Waals surface area contributed by atoms with Crippen molar-refractivity contribution in [2.75, 3.05) is 5.32 Å². The van der Waals surface area contributed by atoms with E-state index in [2.05, 4.69) is 45.0 Å². The smallest absolute Gasteiger partial charge is 0.0594 e. The summed E-state index contributed by atoms with van der Waals surface area (Å²) >= 11 is 2.32. The fraction of sp³-hybridized carbons (Fsp3) is 0.0833. The van der Waals surface area contributed by atoms with Crippen LogP contribution in [0.1, 0.15) is 5.69 Å². The van der Waals surface area contributed by atoms with Gasteiger partial charge in [0, 0.05) is 15.5 Å². The molecule has 2 nitrogen and oxygen atoms in total. The molecule has 1 N–H and O–H groups in total. The first-order valence-corrected chi connectivity index (χ1v) is 5.82. The molecular weight excluding hydrogens is 299 g/mol. The van der Waals surface area contributed by atoms with Gasteiger partial charge >= 0.3 is 0 Å². The predicted molar refractivity (Wildman–Crippen MR) is 70.7 cm³/mol. The SMILES string of the molecule is Ic1ccccc1NCc1ccccn1. The van der Waals surface area contributed by atoms with Crippen molar-refractivity contribution in [2.24, 2.45) is 0 Å². The summed E-state index contributed by atoms with van der Waals surface area (Å²) in [6.45, 7) is 0.765. The molecule has 3 heteroatoms. The fourth-order valence-corrected chi connectivity index (χ4v) is 1.87. The van der Waals surface area contributed by atoms with E-state index in [0.29, 0.717) is 0 Å². The van der Waals surface area contributed by atoms with Crippen LogP contribution in [-0.2, 0) is 6.54 Å². The quantitative estimate of drug-likeness (QED) is 0.880. The summed E-state index contributed by atoms with van der Waals surface area (Å²) in [5.74, 6) is 0. The Hall–Kier alpha value is -1.10. The van der Waals surface area contributed by atoms with Crippen LogP contribution in [-0.4, -0.2) is 4.98 Å². The van der Waals surface area contributed by atoms with E-state index in [4.69, 9.17) is 0 Å². The highest BCUT2D eigenvalue weighted by molar-refractivity contribution is 14.1. The Morgan fingerprint density at radius 2 is 1.87 bits per heavy atom. The molecule has 0 aliphatic carbocycles. The summed E-state index contributed by atoms with van der Waals surface area (Å²) in [5.41, 5.74) is 2.21. The summed E-state index contributed by atoms with van der Waals surface area (Å²) in [4.78, 5) is 4.26. The van der Waals surface area contributed by atoms with Gasteiger partial charge in [-0.25, -0.2) is 0 Å². The molecule has 0 atom stereocenters. The Balaban J connectivity index is 2.03. The highest BCUT2D eigenvalue weighted by atomic mass is 127. The average molecular weight is 310 g/mol. The van der Waals surface area contributed by atoms with Crippen molar-refractivity contribution in [3.63, 3.8) is 0 Å². The lowest BCUT2D eigenvalue weighted by Gasteiger charge is -2.07. The van der Waals surface area contributed by atoms with Crippen LogP contribution in [0.25, 0.3) is 0 Å². The first kappa shape index (κ1) is 10.4. The molecule has 15 heavy (non-hydrogen) atoms. The topological polar surface area (TPSA) is 24.9 Å². The normalized spacial score (nSPS) is 9.93. The first-order valence-electron chi connectivity index (χ1n) is 4.74. The molecule has 0 aliphatic heterocycles. The van der Waals surface area contributed by atoms with Gasteiger partial charge in [0.15, 0.2) is 0 Å². The summed E-state index contributed by atoms with van der Waals surface area (Å²) in [7, 11) is 0. The zero-order chi connectivity index (χ0) is 10.5. The minimum atomic E-state index is 0.765. The van der Waals surface area contributed by atoms with E-state index in [-0.39, 0.29) is 0 Å². The third-order valence-electron chi connectivity index (χ3n) is 2.06. The number of hydrogen-bond acceptors (Lipinski definition) is 2. The Labute approximate surface area is 103 Å². The third-order valence-corrected chi connectivity index (χ3v) is 3.00. The second-order valence-electron chi connectivity index (χ2n) is 3.15. The van der Waals surface area contributed by atoms with Crippen LogP contribution in [0.4, 0.5) is 5.69 Å². The summed E-state index contributed by atoms with van der Waals surface area (Å²) in [6, 6.07) is 14.2. The minimum Gasteiger partial charge on any atom is -0.379 e. The van der Waals surface area contributed by atoms with Crippen LogP contribution in [0.5, 0.6) is 0 Å². The number of nitrogens with zero attached hydrogens (tertiary/aromatic N) is 1. The lowest BCUT2D eigenvalue weighted by Crippen LogP contribution is -2.02. The van der Waals surface area contributed by atoms with Crippen molar-refractivity contribution in [3.8, 4) is 0 Å². The van der Waals surface area contributed by atoms with Crippen molar-refractivity contribution in [2.45, 2.75) is 6.54 Å². The summed E-state index contributed by atoms with van der Waals surface area (Å²) in [6.07, 6.45) is 1.81. The maximum Gasteiger partial charge on any atom is 0.0594 e. The van der Waals surface area contributed by atoms with Crippen molar-refractivity contribution in [1.29, 1.82) is 0 Å². The van der Waals surface area contributed by atoms with Crippen LogP contribution >= 0.6 is 22.6 Å². The maximum atomic E-state index is 4.26. The molecule has 1 heterocycles. The van der Waals surface area contributed by atoms with E-state index in [1.165, 1.54) is 3.57 Å². The number of pyridine rings is 1. The van der Waals surface area contributed by atoms with Crippen LogP contribution in [0.2, 0.25) is 0 Å². The zero-order valence-electron chi connectivity index (χ0n) is 8.15. The molecule has 1 aromatic carbocycles. The number of nitrogens with one attached hydrogen (secondary N) is 1. The molecule has 1 aromatic heterocycles. The number of hydrogen-bond donors (Lipinski definition) is 1. The molecular formula is C12H11IN2. The van der Waals surface area contributed by atoms with Gasteiger partial charge in [0.25, 0.3) is 0 Å². The van der Waals surface area contributed by atoms with Gasteiger partial charge in [-0.1, -0.05) is 18.2 Å². The molecule has 0 spiro atoms. The molecule has 0 radical (unpaired) electrons. The minimum absolute atomic E-state index is 0.765. The van der Waals surface area contributed by atoms with Crippen LogP contribution in [0, 0.1) is 3.57 Å². The number of benzene rings is 1. The highest BCUT2D eigenvalue weighted by Crippen LogP contribution is 2.17. The molecule has 0 aliphatic rings. The Bertz CT molecular complexity index is 429. The van der Waals surface area contributed by atoms with Crippen molar-refractivity contribution >= 4 is 28.3 Å². The van der Waals surface area contributed by atoms with Gasteiger partial charge in [-0.15, -0.1) is 0 Å². The lowest BCUT2D eigenvalue weighted by atomic mass is 10.3. The Morgan fingerprint density at radius 3 is 2.60 bits per heavy atom. The molecule has 2 aromatic rings. The van der Waals surface area contributed by atoms with Crippen molar-refractivity contribution in [3.05, 3.63) is 57.9 Å². The monoisotopic (exact) mass is 310 g/mol. The third kappa shape index (κ3) is 2.92.